The Hall–Kier alpha value is -3.45. The average molecular weight is 433 g/mol. The maximum absolute atomic E-state index is 12.5. The van der Waals surface area contributed by atoms with Crippen LogP contribution in [0.2, 0.25) is 0 Å². The molecule has 0 spiro atoms. The summed E-state index contributed by atoms with van der Waals surface area (Å²) in [5.74, 6) is 0.489. The molecular weight excluding hydrogens is 408 g/mol. The van der Waals surface area contributed by atoms with Crippen molar-refractivity contribution in [3.63, 3.8) is 0 Å². The van der Waals surface area contributed by atoms with Crippen molar-refractivity contribution in [2.45, 2.75) is 26.7 Å². The molecule has 158 valence electrons. The van der Waals surface area contributed by atoms with E-state index in [-0.39, 0.29) is 12.3 Å². The summed E-state index contributed by atoms with van der Waals surface area (Å²) in [6.07, 6.45) is 1.02. The van der Waals surface area contributed by atoms with Gasteiger partial charge in [-0.3, -0.25) is 4.79 Å². The van der Waals surface area contributed by atoms with E-state index < -0.39 is 0 Å². The van der Waals surface area contributed by atoms with Crippen molar-refractivity contribution in [2.24, 2.45) is 0 Å². The van der Waals surface area contributed by atoms with Crippen LogP contribution in [0.5, 0.6) is 5.75 Å². The number of hydrogen-bond donors (Lipinski definition) is 1. The van der Waals surface area contributed by atoms with Gasteiger partial charge in [0.1, 0.15) is 5.75 Å². The maximum atomic E-state index is 12.5. The van der Waals surface area contributed by atoms with Crippen LogP contribution in [0.15, 0.2) is 60.0 Å². The van der Waals surface area contributed by atoms with Crippen LogP contribution in [0.25, 0.3) is 5.13 Å². The zero-order valence-electron chi connectivity index (χ0n) is 17.8. The van der Waals surface area contributed by atoms with Gasteiger partial charge in [-0.25, -0.2) is 9.67 Å². The van der Waals surface area contributed by atoms with E-state index in [2.05, 4.69) is 29.4 Å². The number of anilines is 1. The zero-order chi connectivity index (χ0) is 21.8. The zero-order valence-corrected chi connectivity index (χ0v) is 18.6. The van der Waals surface area contributed by atoms with Gasteiger partial charge in [0.05, 0.1) is 30.6 Å². The predicted octanol–water partition coefficient (Wildman–Crippen LogP) is 4.73. The molecule has 0 aliphatic carbocycles. The number of amides is 1. The number of aryl methyl sites for hydroxylation is 1. The Balaban J connectivity index is 1.49. The Morgan fingerprint density at radius 3 is 2.61 bits per heavy atom. The van der Waals surface area contributed by atoms with Gasteiger partial charge in [0.2, 0.25) is 11.0 Å². The molecule has 0 radical (unpaired) electrons. The molecule has 0 aliphatic rings. The summed E-state index contributed by atoms with van der Waals surface area (Å²) in [6.45, 7) is 4.09. The molecule has 0 atom stereocenters. The highest BCUT2D eigenvalue weighted by Crippen LogP contribution is 2.25. The fraction of sp³-hybridized carbons (Fsp3) is 0.208. The van der Waals surface area contributed by atoms with E-state index in [4.69, 9.17) is 9.84 Å². The number of carbonyl (C=O) groups is 1. The number of para-hydroxylation sites is 2. The number of rotatable bonds is 7. The van der Waals surface area contributed by atoms with Crippen LogP contribution in [0.1, 0.15) is 28.2 Å². The molecule has 7 heteroatoms. The Bertz CT molecular complexity index is 1200. The first-order chi connectivity index (χ1) is 15.0. The van der Waals surface area contributed by atoms with Crippen molar-refractivity contribution in [3.05, 3.63) is 88.2 Å². The predicted molar refractivity (Wildman–Crippen MR) is 123 cm³/mol. The molecular formula is C24H24N4O2S. The molecule has 0 saturated heterocycles. The van der Waals surface area contributed by atoms with Crippen LogP contribution >= 0.6 is 11.3 Å². The van der Waals surface area contributed by atoms with E-state index >= 15 is 0 Å². The van der Waals surface area contributed by atoms with E-state index in [0.29, 0.717) is 17.1 Å². The van der Waals surface area contributed by atoms with E-state index in [1.54, 1.807) is 7.11 Å². The number of carbonyl (C=O) groups excluding carboxylic acids is 1. The number of aromatic nitrogens is 3. The summed E-state index contributed by atoms with van der Waals surface area (Å²) in [6, 6.07) is 17.7. The smallest absolute Gasteiger partial charge is 0.230 e. The van der Waals surface area contributed by atoms with Gasteiger partial charge >= 0.3 is 0 Å². The monoisotopic (exact) mass is 432 g/mol. The standard InChI is InChI=1S/C24H24N4O2S/c1-16-20(13-18-9-5-4-6-10-18)17(2)28(27-16)24-25-19(15-31-24)14-23(29)26-21-11-7-8-12-22(21)30-3/h4-12,15H,13-14H2,1-3H3,(H,26,29). The molecule has 0 unspecified atom stereocenters. The van der Waals surface area contributed by atoms with Crippen molar-refractivity contribution in [1.82, 2.24) is 14.8 Å². The van der Waals surface area contributed by atoms with Crippen molar-refractivity contribution in [2.75, 3.05) is 12.4 Å². The van der Waals surface area contributed by atoms with E-state index in [9.17, 15) is 4.79 Å². The van der Waals surface area contributed by atoms with Gasteiger partial charge in [0.15, 0.2) is 0 Å². The Labute approximate surface area is 185 Å². The van der Waals surface area contributed by atoms with Crippen molar-refractivity contribution in [3.8, 4) is 10.9 Å². The summed E-state index contributed by atoms with van der Waals surface area (Å²) in [5, 5.41) is 10.3. The Morgan fingerprint density at radius 1 is 1.10 bits per heavy atom. The molecule has 2 heterocycles. The quantitative estimate of drug-likeness (QED) is 0.459. The lowest BCUT2D eigenvalue weighted by molar-refractivity contribution is -0.115. The largest absolute Gasteiger partial charge is 0.495 e. The van der Waals surface area contributed by atoms with Gasteiger partial charge < -0.3 is 10.1 Å². The highest BCUT2D eigenvalue weighted by Gasteiger charge is 2.17. The third-order valence-corrected chi connectivity index (χ3v) is 5.97. The number of hydrogen-bond acceptors (Lipinski definition) is 5. The summed E-state index contributed by atoms with van der Waals surface area (Å²) in [4.78, 5) is 17.2. The molecule has 1 N–H and O–H groups in total. The van der Waals surface area contributed by atoms with Crippen LogP contribution in [0.4, 0.5) is 5.69 Å². The summed E-state index contributed by atoms with van der Waals surface area (Å²) in [7, 11) is 1.58. The van der Waals surface area contributed by atoms with Crippen LogP contribution in [0.3, 0.4) is 0 Å². The Morgan fingerprint density at radius 2 is 1.84 bits per heavy atom. The molecule has 31 heavy (non-hydrogen) atoms. The second kappa shape index (κ2) is 9.14. The van der Waals surface area contributed by atoms with Crippen LogP contribution in [-0.4, -0.2) is 27.8 Å². The highest BCUT2D eigenvalue weighted by atomic mass is 32.1. The third-order valence-electron chi connectivity index (χ3n) is 5.11. The molecule has 0 bridgehead atoms. The lowest BCUT2D eigenvalue weighted by Crippen LogP contribution is -2.15. The van der Waals surface area contributed by atoms with Crippen LogP contribution in [-0.2, 0) is 17.6 Å². The normalized spacial score (nSPS) is 10.8. The number of benzene rings is 2. The van der Waals surface area contributed by atoms with E-state index in [1.807, 2.05) is 59.5 Å². The van der Waals surface area contributed by atoms with Gasteiger partial charge in [-0.15, -0.1) is 11.3 Å². The minimum Gasteiger partial charge on any atom is -0.495 e. The number of nitrogens with zero attached hydrogens (tertiary/aromatic N) is 3. The molecule has 2 aromatic carbocycles. The molecule has 6 nitrogen and oxygen atoms in total. The number of nitrogens with one attached hydrogen (secondary N) is 1. The topological polar surface area (TPSA) is 69.0 Å². The lowest BCUT2D eigenvalue weighted by atomic mass is 10.0. The maximum Gasteiger partial charge on any atom is 0.230 e. The fourth-order valence-electron chi connectivity index (χ4n) is 3.50. The molecule has 2 aromatic heterocycles. The molecule has 0 aliphatic heterocycles. The highest BCUT2D eigenvalue weighted by molar-refractivity contribution is 7.12. The van der Waals surface area contributed by atoms with Crippen LogP contribution < -0.4 is 10.1 Å². The minimum absolute atomic E-state index is 0.139. The fourth-order valence-corrected chi connectivity index (χ4v) is 4.32. The van der Waals surface area contributed by atoms with Gasteiger partial charge in [0, 0.05) is 23.1 Å². The summed E-state index contributed by atoms with van der Waals surface area (Å²) >= 11 is 1.49. The molecule has 0 fully saturated rings. The SMILES string of the molecule is COc1ccccc1NC(=O)Cc1csc(-n2nc(C)c(Cc3ccccc3)c2C)n1. The third kappa shape index (κ3) is 4.67. The molecule has 4 rings (SSSR count). The summed E-state index contributed by atoms with van der Waals surface area (Å²) in [5.41, 5.74) is 5.88. The number of methoxy groups -OCH3 is 1. The molecule has 0 saturated carbocycles. The van der Waals surface area contributed by atoms with E-state index in [0.717, 1.165) is 22.9 Å². The number of ether oxygens (including phenoxy) is 1. The molecule has 1 amide bonds. The lowest BCUT2D eigenvalue weighted by Gasteiger charge is -2.09. The molecule has 4 aromatic rings. The van der Waals surface area contributed by atoms with E-state index in [1.165, 1.54) is 22.5 Å². The van der Waals surface area contributed by atoms with Crippen molar-refractivity contribution >= 4 is 22.9 Å². The van der Waals surface area contributed by atoms with Crippen LogP contribution in [0, 0.1) is 13.8 Å². The van der Waals surface area contributed by atoms with Gasteiger partial charge in [-0.2, -0.15) is 5.10 Å². The van der Waals surface area contributed by atoms with Crippen molar-refractivity contribution in [1.29, 1.82) is 0 Å². The minimum atomic E-state index is -0.139. The second-order valence-electron chi connectivity index (χ2n) is 7.27. The van der Waals surface area contributed by atoms with Gasteiger partial charge in [-0.1, -0.05) is 42.5 Å². The first-order valence-corrected chi connectivity index (χ1v) is 10.9. The Kier molecular flexibility index (Phi) is 6.13. The average Bonchev–Trinajstić information content (AvgIpc) is 3.34. The summed E-state index contributed by atoms with van der Waals surface area (Å²) < 4.78 is 7.16. The second-order valence-corrected chi connectivity index (χ2v) is 8.11. The van der Waals surface area contributed by atoms with Gasteiger partial charge in [0.25, 0.3) is 0 Å². The van der Waals surface area contributed by atoms with Crippen molar-refractivity contribution < 1.29 is 9.53 Å². The first kappa shape index (κ1) is 20.8. The van der Waals surface area contributed by atoms with Gasteiger partial charge in [-0.05, 0) is 31.5 Å². The first-order valence-electron chi connectivity index (χ1n) is 10.0. The number of thiazole rings is 1.